The van der Waals surface area contributed by atoms with Crippen molar-refractivity contribution in [3.63, 3.8) is 0 Å². The summed E-state index contributed by atoms with van der Waals surface area (Å²) < 4.78 is 11.5. The van der Waals surface area contributed by atoms with Gasteiger partial charge < -0.3 is 19.4 Å². The normalized spacial score (nSPS) is 30.1. The molecule has 2 bridgehead atoms. The summed E-state index contributed by atoms with van der Waals surface area (Å²) in [6, 6.07) is 11.0. The van der Waals surface area contributed by atoms with Gasteiger partial charge in [-0.15, -0.1) is 0 Å². The lowest BCUT2D eigenvalue weighted by molar-refractivity contribution is -0.138. The quantitative estimate of drug-likeness (QED) is 0.785. The third-order valence-corrected chi connectivity index (χ3v) is 6.19. The first-order valence-electron chi connectivity index (χ1n) is 9.27. The van der Waals surface area contributed by atoms with Crippen molar-refractivity contribution in [3.05, 3.63) is 71.2 Å². The van der Waals surface area contributed by atoms with Crippen LogP contribution in [0.3, 0.4) is 0 Å². The molecule has 3 aliphatic rings. The van der Waals surface area contributed by atoms with E-state index in [0.29, 0.717) is 30.4 Å². The Bertz CT molecular complexity index is 957. The molecule has 6 nitrogen and oxygen atoms in total. The average molecular weight is 399 g/mol. The molecule has 4 heterocycles. The zero-order valence-corrected chi connectivity index (χ0v) is 15.8. The van der Waals surface area contributed by atoms with Crippen LogP contribution in [0.5, 0.6) is 0 Å². The van der Waals surface area contributed by atoms with Crippen LogP contribution in [0.1, 0.15) is 11.3 Å². The van der Waals surface area contributed by atoms with Gasteiger partial charge in [0.2, 0.25) is 11.8 Å². The molecule has 0 saturated carbocycles. The molecule has 3 aliphatic heterocycles. The van der Waals surface area contributed by atoms with Crippen molar-refractivity contribution in [1.29, 1.82) is 0 Å². The Morgan fingerprint density at radius 3 is 2.93 bits per heavy atom. The van der Waals surface area contributed by atoms with Crippen molar-refractivity contribution < 1.29 is 18.7 Å². The monoisotopic (exact) mass is 398 g/mol. The van der Waals surface area contributed by atoms with Gasteiger partial charge in [-0.1, -0.05) is 42.0 Å². The summed E-state index contributed by atoms with van der Waals surface area (Å²) in [5.74, 6) is -0.594. The molecule has 1 N–H and O–H groups in total. The Kier molecular flexibility index (Phi) is 4.07. The maximum Gasteiger partial charge on any atom is 0.230 e. The number of benzene rings is 1. The maximum atomic E-state index is 13.1. The van der Waals surface area contributed by atoms with Gasteiger partial charge in [-0.2, -0.15) is 0 Å². The van der Waals surface area contributed by atoms with Gasteiger partial charge in [0, 0.05) is 11.6 Å². The zero-order chi connectivity index (χ0) is 19.3. The Morgan fingerprint density at radius 2 is 2.14 bits per heavy atom. The number of carbonyl (C=O) groups excluding carboxylic acids is 2. The number of furan rings is 1. The lowest BCUT2D eigenvalue weighted by atomic mass is 9.77. The number of fused-ring (bicyclic) bond motifs is 1. The van der Waals surface area contributed by atoms with Crippen LogP contribution in [0.2, 0.25) is 5.02 Å². The first-order valence-corrected chi connectivity index (χ1v) is 9.65. The van der Waals surface area contributed by atoms with Crippen LogP contribution >= 0.6 is 11.6 Å². The Hall–Kier alpha value is -2.57. The summed E-state index contributed by atoms with van der Waals surface area (Å²) in [4.78, 5) is 27.8. The van der Waals surface area contributed by atoms with Crippen LogP contribution in [-0.4, -0.2) is 35.0 Å². The van der Waals surface area contributed by atoms with Gasteiger partial charge in [-0.05, 0) is 23.8 Å². The fourth-order valence-electron chi connectivity index (χ4n) is 4.54. The number of likely N-dealkylation sites (tertiary alicyclic amines) is 1. The van der Waals surface area contributed by atoms with Crippen LogP contribution in [0, 0.1) is 11.8 Å². The third-order valence-electron chi connectivity index (χ3n) is 5.82. The summed E-state index contributed by atoms with van der Waals surface area (Å²) in [5.41, 5.74) is 0.116. The molecule has 5 rings (SSSR count). The maximum absolute atomic E-state index is 13.1. The van der Waals surface area contributed by atoms with Gasteiger partial charge in [-0.3, -0.25) is 9.59 Å². The third kappa shape index (κ3) is 2.67. The van der Waals surface area contributed by atoms with E-state index in [9.17, 15) is 9.59 Å². The second kappa shape index (κ2) is 6.50. The minimum Gasteiger partial charge on any atom is -0.467 e. The van der Waals surface area contributed by atoms with Crippen LogP contribution in [0.4, 0.5) is 0 Å². The van der Waals surface area contributed by atoms with Crippen molar-refractivity contribution >= 4 is 23.4 Å². The van der Waals surface area contributed by atoms with Crippen LogP contribution in [0.25, 0.3) is 0 Å². The van der Waals surface area contributed by atoms with Gasteiger partial charge in [-0.25, -0.2) is 0 Å². The molecule has 4 atom stereocenters. The molecule has 1 aromatic heterocycles. The minimum absolute atomic E-state index is 0.0684. The number of ether oxygens (including phenoxy) is 1. The van der Waals surface area contributed by atoms with E-state index in [4.69, 9.17) is 20.8 Å². The zero-order valence-electron chi connectivity index (χ0n) is 15.0. The SMILES string of the molecule is O=C(NCc1ccccc1Cl)[C@H]1[C@H]2C=C[C@]3(CN(Cc4ccco4)C(=O)[C@@H]13)O2. The minimum atomic E-state index is -0.721. The van der Waals surface area contributed by atoms with E-state index >= 15 is 0 Å². The molecule has 0 aliphatic carbocycles. The largest absolute Gasteiger partial charge is 0.467 e. The van der Waals surface area contributed by atoms with E-state index < -0.39 is 17.4 Å². The summed E-state index contributed by atoms with van der Waals surface area (Å²) in [5, 5.41) is 3.53. The van der Waals surface area contributed by atoms with E-state index in [1.165, 1.54) is 0 Å². The second-order valence-corrected chi connectivity index (χ2v) is 7.89. The number of carbonyl (C=O) groups is 2. The van der Waals surface area contributed by atoms with Gasteiger partial charge in [0.1, 0.15) is 11.4 Å². The highest BCUT2D eigenvalue weighted by atomic mass is 35.5. The number of hydrogen-bond donors (Lipinski definition) is 1. The molecule has 1 spiro atoms. The van der Waals surface area contributed by atoms with Gasteiger partial charge >= 0.3 is 0 Å². The lowest BCUT2D eigenvalue weighted by Gasteiger charge is -2.23. The number of halogens is 1. The van der Waals surface area contributed by atoms with Gasteiger partial charge in [0.25, 0.3) is 0 Å². The summed E-state index contributed by atoms with van der Waals surface area (Å²) in [6.07, 6.45) is 5.06. The Balaban J connectivity index is 1.33. The molecule has 1 aromatic carbocycles. The highest BCUT2D eigenvalue weighted by Crippen LogP contribution is 2.52. The second-order valence-electron chi connectivity index (χ2n) is 7.48. The molecule has 0 radical (unpaired) electrons. The Morgan fingerprint density at radius 1 is 1.29 bits per heavy atom. The number of rotatable bonds is 5. The highest BCUT2D eigenvalue weighted by Gasteiger charge is 2.66. The predicted molar refractivity (Wildman–Crippen MR) is 101 cm³/mol. The molecule has 7 heteroatoms. The molecule has 0 unspecified atom stereocenters. The van der Waals surface area contributed by atoms with Gasteiger partial charge in [0.15, 0.2) is 0 Å². The molecule has 2 amide bonds. The van der Waals surface area contributed by atoms with Gasteiger partial charge in [0.05, 0.1) is 37.3 Å². The molecule has 144 valence electrons. The summed E-state index contributed by atoms with van der Waals surface area (Å²) >= 11 is 6.17. The smallest absolute Gasteiger partial charge is 0.230 e. The Labute approximate surface area is 167 Å². The number of amides is 2. The molecule has 28 heavy (non-hydrogen) atoms. The fourth-order valence-corrected chi connectivity index (χ4v) is 4.75. The van der Waals surface area contributed by atoms with E-state index in [1.54, 1.807) is 23.3 Å². The summed E-state index contributed by atoms with van der Waals surface area (Å²) in [6.45, 7) is 1.12. The van der Waals surface area contributed by atoms with Crippen molar-refractivity contribution in [3.8, 4) is 0 Å². The van der Waals surface area contributed by atoms with E-state index in [2.05, 4.69) is 5.32 Å². The lowest BCUT2D eigenvalue weighted by Crippen LogP contribution is -2.43. The standard InChI is InChI=1S/C21H19ClN2O4/c22-15-6-2-1-4-13(15)10-23-19(25)17-16-7-8-21(28-16)12-24(20(26)18(17)21)11-14-5-3-9-27-14/h1-9,16-18H,10-12H2,(H,23,25)/t16-,17+,18-,21-/m1/s1. The topological polar surface area (TPSA) is 71.8 Å². The van der Waals surface area contributed by atoms with Crippen molar-refractivity contribution in [2.24, 2.45) is 11.8 Å². The first-order chi connectivity index (χ1) is 13.6. The molecule has 2 fully saturated rings. The fraction of sp³-hybridized carbons (Fsp3) is 0.333. The molecular formula is C21H19ClN2O4. The van der Waals surface area contributed by atoms with Crippen molar-refractivity contribution in [2.75, 3.05) is 6.54 Å². The first kappa shape index (κ1) is 17.5. The number of nitrogens with zero attached hydrogens (tertiary/aromatic N) is 1. The van der Waals surface area contributed by atoms with Crippen LogP contribution < -0.4 is 5.32 Å². The number of nitrogens with one attached hydrogen (secondary N) is 1. The van der Waals surface area contributed by atoms with E-state index in [0.717, 1.165) is 5.56 Å². The van der Waals surface area contributed by atoms with Crippen molar-refractivity contribution in [2.45, 2.75) is 24.8 Å². The average Bonchev–Trinajstić information content (AvgIpc) is 3.44. The molecule has 2 aromatic rings. The van der Waals surface area contributed by atoms with Crippen molar-refractivity contribution in [1.82, 2.24) is 10.2 Å². The van der Waals surface area contributed by atoms with E-state index in [-0.39, 0.29) is 17.9 Å². The van der Waals surface area contributed by atoms with E-state index in [1.807, 2.05) is 36.4 Å². The molecule has 2 saturated heterocycles. The highest BCUT2D eigenvalue weighted by molar-refractivity contribution is 6.31. The van der Waals surface area contributed by atoms with Crippen LogP contribution in [0.15, 0.2) is 59.2 Å². The van der Waals surface area contributed by atoms with Crippen LogP contribution in [-0.2, 0) is 27.4 Å². The predicted octanol–water partition coefficient (Wildman–Crippen LogP) is 2.53. The number of hydrogen-bond acceptors (Lipinski definition) is 4. The molecular weight excluding hydrogens is 380 g/mol. The summed E-state index contributed by atoms with van der Waals surface area (Å²) in [7, 11) is 0.